The molecule has 4 N–H and O–H groups in total. The molecule has 1 aromatic carbocycles. The number of imide groups is 1. The predicted molar refractivity (Wildman–Crippen MR) is 80.7 cm³/mol. The maximum Gasteiger partial charge on any atom is 0.345 e. The van der Waals surface area contributed by atoms with E-state index in [0.717, 1.165) is 0 Å². The number of benzene rings is 1. The first-order valence-corrected chi connectivity index (χ1v) is 7.24. The SMILES string of the molecule is Cc1c(OCC(N)=O)cccc1C(=O)[NH+]([O-])C1CCC(=O)NC1=O. The Balaban J connectivity index is 2.19. The third kappa shape index (κ3) is 3.76. The molecule has 1 fully saturated rings. The molecule has 1 aliphatic rings. The van der Waals surface area contributed by atoms with E-state index in [9.17, 15) is 24.4 Å². The molecule has 128 valence electrons. The first kappa shape index (κ1) is 17.6. The molecule has 0 radical (unpaired) electrons. The molecule has 0 spiro atoms. The van der Waals surface area contributed by atoms with Crippen LogP contribution in [0, 0.1) is 12.1 Å². The van der Waals surface area contributed by atoms with Crippen LogP contribution < -0.4 is 20.9 Å². The third-order valence-corrected chi connectivity index (χ3v) is 3.68. The molecule has 0 saturated carbocycles. The zero-order valence-electron chi connectivity index (χ0n) is 13.0. The Bertz CT molecular complexity index is 702. The van der Waals surface area contributed by atoms with Crippen molar-refractivity contribution >= 4 is 23.6 Å². The van der Waals surface area contributed by atoms with Gasteiger partial charge in [0, 0.05) is 18.4 Å². The second-order valence-corrected chi connectivity index (χ2v) is 5.38. The molecule has 0 aliphatic carbocycles. The molecule has 4 amide bonds. The van der Waals surface area contributed by atoms with E-state index >= 15 is 0 Å². The van der Waals surface area contributed by atoms with Crippen LogP contribution in [0.2, 0.25) is 0 Å². The summed E-state index contributed by atoms with van der Waals surface area (Å²) >= 11 is 0. The first-order valence-electron chi connectivity index (χ1n) is 7.24. The van der Waals surface area contributed by atoms with Gasteiger partial charge in [0.25, 0.3) is 11.8 Å². The fourth-order valence-corrected chi connectivity index (χ4v) is 2.40. The van der Waals surface area contributed by atoms with E-state index in [-0.39, 0.29) is 30.8 Å². The number of hydroxylamine groups is 2. The minimum atomic E-state index is -1.18. The van der Waals surface area contributed by atoms with Gasteiger partial charge in [-0.2, -0.15) is 0 Å². The van der Waals surface area contributed by atoms with E-state index in [2.05, 4.69) is 0 Å². The fraction of sp³-hybridized carbons (Fsp3) is 0.333. The van der Waals surface area contributed by atoms with Crippen LogP contribution >= 0.6 is 0 Å². The molecule has 9 heteroatoms. The van der Waals surface area contributed by atoms with Crippen molar-refractivity contribution in [3.63, 3.8) is 0 Å². The van der Waals surface area contributed by atoms with E-state index < -0.39 is 34.7 Å². The van der Waals surface area contributed by atoms with Gasteiger partial charge in [0.1, 0.15) is 5.75 Å². The normalized spacial score (nSPS) is 18.7. The van der Waals surface area contributed by atoms with E-state index in [1.807, 2.05) is 5.32 Å². The summed E-state index contributed by atoms with van der Waals surface area (Å²) in [5.74, 6) is -2.49. The van der Waals surface area contributed by atoms with E-state index in [1.165, 1.54) is 18.2 Å². The molecule has 0 bridgehead atoms. The van der Waals surface area contributed by atoms with Crippen molar-refractivity contribution in [1.82, 2.24) is 5.32 Å². The average molecular weight is 335 g/mol. The zero-order chi connectivity index (χ0) is 17.9. The fourth-order valence-electron chi connectivity index (χ4n) is 2.40. The molecular weight excluding hydrogens is 318 g/mol. The van der Waals surface area contributed by atoms with Crippen LogP contribution in [-0.4, -0.2) is 36.3 Å². The van der Waals surface area contributed by atoms with Crippen LogP contribution in [0.3, 0.4) is 0 Å². The molecule has 1 heterocycles. The number of hydrogen-bond donors (Lipinski definition) is 3. The first-order chi connectivity index (χ1) is 11.3. The van der Waals surface area contributed by atoms with E-state index in [0.29, 0.717) is 5.56 Å². The number of nitrogens with two attached hydrogens (primary N) is 1. The molecular formula is C15H17N3O6. The summed E-state index contributed by atoms with van der Waals surface area (Å²) in [6.45, 7) is 1.20. The second-order valence-electron chi connectivity index (χ2n) is 5.38. The number of ether oxygens (including phenoxy) is 1. The molecule has 1 aliphatic heterocycles. The van der Waals surface area contributed by atoms with Gasteiger partial charge in [-0.05, 0) is 19.1 Å². The highest BCUT2D eigenvalue weighted by Crippen LogP contribution is 2.21. The number of piperidine rings is 1. The van der Waals surface area contributed by atoms with Crippen molar-refractivity contribution in [2.75, 3.05) is 6.61 Å². The summed E-state index contributed by atoms with van der Waals surface area (Å²) in [6, 6.07) is 3.28. The molecule has 1 aromatic rings. The molecule has 24 heavy (non-hydrogen) atoms. The lowest BCUT2D eigenvalue weighted by molar-refractivity contribution is -0.777. The molecule has 1 saturated heterocycles. The Morgan fingerprint density at radius 1 is 1.42 bits per heavy atom. The van der Waals surface area contributed by atoms with Crippen molar-refractivity contribution in [2.45, 2.75) is 25.8 Å². The smallest absolute Gasteiger partial charge is 0.345 e. The summed E-state index contributed by atoms with van der Waals surface area (Å²) in [7, 11) is 0. The molecule has 2 rings (SSSR count). The lowest BCUT2D eigenvalue weighted by Crippen LogP contribution is -3.15. The summed E-state index contributed by atoms with van der Waals surface area (Å²) in [5.41, 5.74) is 5.44. The van der Waals surface area contributed by atoms with Gasteiger partial charge >= 0.3 is 5.91 Å². The van der Waals surface area contributed by atoms with Gasteiger partial charge < -0.3 is 15.7 Å². The van der Waals surface area contributed by atoms with Crippen LogP contribution in [0.4, 0.5) is 0 Å². The summed E-state index contributed by atoms with van der Waals surface area (Å²) in [6.07, 6.45) is 0.0162. The molecule has 2 atom stereocenters. The van der Waals surface area contributed by atoms with Gasteiger partial charge in [0.05, 0.1) is 5.56 Å². The Kier molecular flexibility index (Phi) is 5.27. The molecule has 2 unspecified atom stereocenters. The lowest BCUT2D eigenvalue weighted by atomic mass is 10.0. The number of primary amides is 1. The largest absolute Gasteiger partial charge is 0.626 e. The monoisotopic (exact) mass is 335 g/mol. The maximum absolute atomic E-state index is 12.4. The Morgan fingerprint density at radius 2 is 2.12 bits per heavy atom. The second kappa shape index (κ2) is 7.20. The Morgan fingerprint density at radius 3 is 2.75 bits per heavy atom. The van der Waals surface area contributed by atoms with Crippen LogP contribution in [0.25, 0.3) is 0 Å². The maximum atomic E-state index is 12.4. The predicted octanol–water partition coefficient (Wildman–Crippen LogP) is -1.81. The summed E-state index contributed by atoms with van der Waals surface area (Å²) < 4.78 is 5.19. The number of nitrogens with one attached hydrogen (secondary N) is 2. The Labute approximate surface area is 137 Å². The van der Waals surface area contributed by atoms with Gasteiger partial charge in [-0.3, -0.25) is 24.8 Å². The minimum Gasteiger partial charge on any atom is -0.626 e. The number of carbonyl (C=O) groups is 4. The minimum absolute atomic E-state index is 0.00610. The van der Waals surface area contributed by atoms with Crippen molar-refractivity contribution in [2.24, 2.45) is 5.73 Å². The third-order valence-electron chi connectivity index (χ3n) is 3.68. The van der Waals surface area contributed by atoms with Crippen molar-refractivity contribution < 1.29 is 29.0 Å². The van der Waals surface area contributed by atoms with Crippen LogP contribution in [-0.2, 0) is 14.4 Å². The number of rotatable bonds is 5. The highest BCUT2D eigenvalue weighted by Gasteiger charge is 2.35. The summed E-state index contributed by atoms with van der Waals surface area (Å²) in [5, 5.41) is 13.5. The zero-order valence-corrected chi connectivity index (χ0v) is 13.0. The van der Waals surface area contributed by atoms with Crippen LogP contribution in [0.5, 0.6) is 5.75 Å². The topological polar surface area (TPSA) is 143 Å². The summed E-state index contributed by atoms with van der Waals surface area (Å²) in [4.78, 5) is 46.1. The van der Waals surface area contributed by atoms with Crippen molar-refractivity contribution in [3.8, 4) is 5.75 Å². The van der Waals surface area contributed by atoms with Gasteiger partial charge in [0.15, 0.2) is 12.6 Å². The standard InChI is InChI=1S/C15H17N3O6/c1-8-9(3-2-4-11(8)24-7-12(16)19)15(22)18(23)10-5-6-13(20)17-14(10)21/h2-4,10,18H,5-7H2,1H3,(H2,16,19)(H,17,20,21). The highest BCUT2D eigenvalue weighted by atomic mass is 16.5. The van der Waals surface area contributed by atoms with Crippen molar-refractivity contribution in [1.29, 1.82) is 0 Å². The lowest BCUT2D eigenvalue weighted by Gasteiger charge is -2.30. The van der Waals surface area contributed by atoms with Crippen LogP contribution in [0.15, 0.2) is 18.2 Å². The highest BCUT2D eigenvalue weighted by molar-refractivity contribution is 6.01. The van der Waals surface area contributed by atoms with Gasteiger partial charge in [-0.15, -0.1) is 0 Å². The van der Waals surface area contributed by atoms with Crippen molar-refractivity contribution in [3.05, 3.63) is 34.5 Å². The molecule has 0 aromatic heterocycles. The average Bonchev–Trinajstić information content (AvgIpc) is 2.52. The van der Waals surface area contributed by atoms with Crippen LogP contribution in [0.1, 0.15) is 28.8 Å². The van der Waals surface area contributed by atoms with Gasteiger partial charge in [-0.1, -0.05) is 6.07 Å². The Hall–Kier alpha value is -2.78. The number of carbonyl (C=O) groups excluding carboxylic acids is 4. The van der Waals surface area contributed by atoms with E-state index in [4.69, 9.17) is 10.5 Å². The number of amides is 4. The number of quaternary nitrogens is 1. The molecule has 9 nitrogen and oxygen atoms in total. The van der Waals surface area contributed by atoms with Gasteiger partial charge in [0.2, 0.25) is 5.91 Å². The van der Waals surface area contributed by atoms with E-state index in [1.54, 1.807) is 6.92 Å². The quantitative estimate of drug-likeness (QED) is 0.427. The number of hydrogen-bond acceptors (Lipinski definition) is 6. The van der Waals surface area contributed by atoms with Gasteiger partial charge in [-0.25, -0.2) is 4.79 Å².